The van der Waals surface area contributed by atoms with Gasteiger partial charge >= 0.3 is 0 Å². The van der Waals surface area contributed by atoms with Gasteiger partial charge in [-0.3, -0.25) is 14.9 Å². The molecular formula is C15H9ClN4O. The van der Waals surface area contributed by atoms with Crippen LogP contribution in [0.3, 0.4) is 0 Å². The Morgan fingerprint density at radius 2 is 1.86 bits per heavy atom. The summed E-state index contributed by atoms with van der Waals surface area (Å²) in [6.07, 6.45) is 3.13. The molecule has 6 heteroatoms. The smallest absolute Gasteiger partial charge is 0.280 e. The van der Waals surface area contributed by atoms with Crippen LogP contribution in [0.25, 0.3) is 27.5 Å². The molecule has 0 saturated carbocycles. The zero-order valence-electron chi connectivity index (χ0n) is 10.7. The second-order valence-electron chi connectivity index (χ2n) is 4.63. The van der Waals surface area contributed by atoms with Crippen molar-refractivity contribution in [1.29, 1.82) is 0 Å². The molecule has 0 bridgehead atoms. The third-order valence-corrected chi connectivity index (χ3v) is 3.69. The quantitative estimate of drug-likeness (QED) is 0.549. The average Bonchev–Trinajstić information content (AvgIpc) is 2.86. The normalized spacial score (nSPS) is 11.3. The van der Waals surface area contributed by atoms with E-state index in [4.69, 9.17) is 11.6 Å². The van der Waals surface area contributed by atoms with E-state index in [1.807, 2.05) is 30.3 Å². The van der Waals surface area contributed by atoms with Crippen LogP contribution >= 0.6 is 11.6 Å². The fraction of sp³-hybridized carbons (Fsp3) is 0. The van der Waals surface area contributed by atoms with Crippen molar-refractivity contribution in [1.82, 2.24) is 19.7 Å². The summed E-state index contributed by atoms with van der Waals surface area (Å²) in [5.41, 5.74) is 1.91. The van der Waals surface area contributed by atoms with Gasteiger partial charge in [0.25, 0.3) is 5.56 Å². The number of hydrogen-bond acceptors (Lipinski definition) is 3. The van der Waals surface area contributed by atoms with Gasteiger partial charge in [-0.25, -0.2) is 9.67 Å². The Kier molecular flexibility index (Phi) is 2.55. The van der Waals surface area contributed by atoms with Gasteiger partial charge in [0, 0.05) is 17.8 Å². The lowest BCUT2D eigenvalue weighted by Gasteiger charge is -2.00. The molecule has 0 unspecified atom stereocenters. The van der Waals surface area contributed by atoms with E-state index in [-0.39, 0.29) is 5.56 Å². The highest BCUT2D eigenvalue weighted by atomic mass is 35.5. The Hall–Kier alpha value is -2.66. The topological polar surface area (TPSA) is 63.6 Å². The Morgan fingerprint density at radius 1 is 1.05 bits per heavy atom. The maximum atomic E-state index is 12.5. The lowest BCUT2D eigenvalue weighted by molar-refractivity contribution is 0.864. The first-order valence-electron chi connectivity index (χ1n) is 6.35. The van der Waals surface area contributed by atoms with E-state index in [1.54, 1.807) is 12.3 Å². The van der Waals surface area contributed by atoms with E-state index in [1.165, 1.54) is 10.9 Å². The number of para-hydroxylation sites is 1. The van der Waals surface area contributed by atoms with Crippen molar-refractivity contribution in [2.75, 3.05) is 0 Å². The predicted octanol–water partition coefficient (Wildman–Crippen LogP) is 2.92. The molecule has 0 amide bonds. The summed E-state index contributed by atoms with van der Waals surface area (Å²) in [4.78, 5) is 20.8. The number of pyridine rings is 2. The Morgan fingerprint density at radius 3 is 2.67 bits per heavy atom. The van der Waals surface area contributed by atoms with Gasteiger partial charge in [0.15, 0.2) is 5.15 Å². The summed E-state index contributed by atoms with van der Waals surface area (Å²) in [6.45, 7) is 0. The number of benzene rings is 1. The van der Waals surface area contributed by atoms with E-state index in [9.17, 15) is 4.79 Å². The van der Waals surface area contributed by atoms with E-state index in [0.29, 0.717) is 21.6 Å². The number of hydrogen-bond donors (Lipinski definition) is 1. The van der Waals surface area contributed by atoms with Gasteiger partial charge in [-0.1, -0.05) is 29.8 Å². The zero-order valence-corrected chi connectivity index (χ0v) is 11.5. The van der Waals surface area contributed by atoms with Crippen LogP contribution < -0.4 is 5.56 Å². The summed E-state index contributed by atoms with van der Waals surface area (Å²) in [7, 11) is 0. The number of fused-ring (bicyclic) bond motifs is 3. The summed E-state index contributed by atoms with van der Waals surface area (Å²) in [5.74, 6) is 0. The minimum absolute atomic E-state index is 0.140. The van der Waals surface area contributed by atoms with Crippen molar-refractivity contribution >= 4 is 33.4 Å². The van der Waals surface area contributed by atoms with Crippen LogP contribution in [0.15, 0.2) is 53.6 Å². The van der Waals surface area contributed by atoms with Gasteiger partial charge < -0.3 is 0 Å². The molecular weight excluding hydrogens is 288 g/mol. The van der Waals surface area contributed by atoms with Crippen LogP contribution in [0.5, 0.6) is 0 Å². The highest BCUT2D eigenvalue weighted by Gasteiger charge is 2.13. The lowest BCUT2D eigenvalue weighted by Crippen LogP contribution is -2.13. The fourth-order valence-corrected chi connectivity index (χ4v) is 2.62. The molecule has 1 aromatic carbocycles. The molecule has 0 aliphatic rings. The maximum Gasteiger partial charge on any atom is 0.280 e. The summed E-state index contributed by atoms with van der Waals surface area (Å²) in [5, 5.41) is 4.75. The number of aromatic nitrogens is 4. The van der Waals surface area contributed by atoms with Crippen LogP contribution in [-0.4, -0.2) is 19.7 Å². The van der Waals surface area contributed by atoms with Crippen LogP contribution in [-0.2, 0) is 0 Å². The average molecular weight is 297 g/mol. The van der Waals surface area contributed by atoms with Gasteiger partial charge in [-0.15, -0.1) is 0 Å². The van der Waals surface area contributed by atoms with Crippen molar-refractivity contribution < 1.29 is 0 Å². The summed E-state index contributed by atoms with van der Waals surface area (Å²) >= 11 is 6.05. The Labute approximate surface area is 123 Å². The molecule has 3 aromatic heterocycles. The molecule has 0 aliphatic carbocycles. The second kappa shape index (κ2) is 4.43. The fourth-order valence-electron chi connectivity index (χ4n) is 2.42. The van der Waals surface area contributed by atoms with Gasteiger partial charge in [-0.05, 0) is 18.2 Å². The molecule has 0 spiro atoms. The highest BCUT2D eigenvalue weighted by molar-refractivity contribution is 6.34. The summed E-state index contributed by atoms with van der Waals surface area (Å²) < 4.78 is 1.50. The third-order valence-electron chi connectivity index (χ3n) is 3.41. The first kappa shape index (κ1) is 12.1. The highest BCUT2D eigenvalue weighted by Crippen LogP contribution is 2.24. The van der Waals surface area contributed by atoms with Crippen molar-refractivity contribution in [3.63, 3.8) is 0 Å². The molecule has 5 nitrogen and oxygen atoms in total. The number of rotatable bonds is 1. The van der Waals surface area contributed by atoms with Crippen molar-refractivity contribution in [3.05, 3.63) is 64.3 Å². The minimum atomic E-state index is -0.140. The third kappa shape index (κ3) is 1.75. The number of H-pyrrole nitrogens is 1. The number of nitrogens with one attached hydrogen (secondary N) is 1. The van der Waals surface area contributed by atoms with Gasteiger partial charge in [0.2, 0.25) is 0 Å². The molecule has 0 radical (unpaired) electrons. The van der Waals surface area contributed by atoms with Crippen LogP contribution in [0.4, 0.5) is 0 Å². The Bertz CT molecular complexity index is 1020. The molecule has 0 atom stereocenters. The van der Waals surface area contributed by atoms with Crippen LogP contribution in [0.2, 0.25) is 5.15 Å². The van der Waals surface area contributed by atoms with Crippen molar-refractivity contribution in [2.24, 2.45) is 0 Å². The number of halogens is 1. The first-order valence-corrected chi connectivity index (χ1v) is 6.73. The lowest BCUT2D eigenvalue weighted by atomic mass is 10.2. The molecule has 4 aromatic rings. The van der Waals surface area contributed by atoms with Crippen LogP contribution in [0.1, 0.15) is 0 Å². The number of aromatic amines is 1. The standard InChI is InChI=1S/C15H9ClN4O/c16-14-13-10(6-7-17-14)12-11(8-18-13)15(21)20(19-12)9-4-2-1-3-5-9/h1-8,19H. The molecule has 4 rings (SSSR count). The molecule has 21 heavy (non-hydrogen) atoms. The predicted molar refractivity (Wildman–Crippen MR) is 82.0 cm³/mol. The van der Waals surface area contributed by atoms with Crippen LogP contribution in [0, 0.1) is 0 Å². The number of nitrogens with zero attached hydrogens (tertiary/aromatic N) is 3. The van der Waals surface area contributed by atoms with E-state index >= 15 is 0 Å². The SMILES string of the molecule is O=c1c2cnc3c(Cl)nccc3c2[nH]n1-c1ccccc1. The monoisotopic (exact) mass is 296 g/mol. The largest absolute Gasteiger partial charge is 0.290 e. The minimum Gasteiger partial charge on any atom is -0.290 e. The van der Waals surface area contributed by atoms with Crippen molar-refractivity contribution in [2.45, 2.75) is 0 Å². The maximum absolute atomic E-state index is 12.5. The molecule has 3 heterocycles. The molecule has 1 N–H and O–H groups in total. The second-order valence-corrected chi connectivity index (χ2v) is 4.99. The summed E-state index contributed by atoms with van der Waals surface area (Å²) in [6, 6.07) is 11.2. The molecule has 0 aliphatic heterocycles. The van der Waals surface area contributed by atoms with E-state index in [2.05, 4.69) is 15.1 Å². The van der Waals surface area contributed by atoms with Gasteiger partial charge in [-0.2, -0.15) is 0 Å². The van der Waals surface area contributed by atoms with Gasteiger partial charge in [0.05, 0.1) is 16.6 Å². The molecule has 102 valence electrons. The zero-order chi connectivity index (χ0) is 14.4. The molecule has 0 fully saturated rings. The Balaban J connectivity index is 2.13. The first-order chi connectivity index (χ1) is 10.3. The van der Waals surface area contributed by atoms with Gasteiger partial charge in [0.1, 0.15) is 5.52 Å². The van der Waals surface area contributed by atoms with Crippen molar-refractivity contribution in [3.8, 4) is 5.69 Å². The van der Waals surface area contributed by atoms with E-state index < -0.39 is 0 Å². The van der Waals surface area contributed by atoms with E-state index in [0.717, 1.165) is 11.1 Å². The molecule has 0 saturated heterocycles.